The molecular formula is C22H21F2N5. The van der Waals surface area contributed by atoms with Gasteiger partial charge in [0.25, 0.3) is 0 Å². The highest BCUT2D eigenvalue weighted by molar-refractivity contribution is 5.52. The van der Waals surface area contributed by atoms with Gasteiger partial charge in [-0.1, -0.05) is 12.8 Å². The average Bonchev–Trinajstić information content (AvgIpc) is 3.40. The third kappa shape index (κ3) is 3.69. The lowest BCUT2D eigenvalue weighted by atomic mass is 10.0. The summed E-state index contributed by atoms with van der Waals surface area (Å²) < 4.78 is 28.5. The molecule has 5 nitrogen and oxygen atoms in total. The predicted octanol–water partition coefficient (Wildman–Crippen LogP) is 4.84. The van der Waals surface area contributed by atoms with E-state index in [-0.39, 0.29) is 23.6 Å². The minimum atomic E-state index is -0.790. The summed E-state index contributed by atoms with van der Waals surface area (Å²) in [5, 5.41) is 3.20. The van der Waals surface area contributed by atoms with Gasteiger partial charge in [0.1, 0.15) is 0 Å². The molecule has 2 aromatic heterocycles. The predicted molar refractivity (Wildman–Crippen MR) is 105 cm³/mol. The second-order valence-corrected chi connectivity index (χ2v) is 7.85. The number of hydrogen-bond acceptors (Lipinski definition) is 5. The molecule has 3 aromatic rings. The normalized spacial score (nSPS) is 21.3. The molecule has 1 aromatic carbocycles. The average molecular weight is 393 g/mol. The Kier molecular flexibility index (Phi) is 4.66. The first-order chi connectivity index (χ1) is 14.2. The Morgan fingerprint density at radius 2 is 1.48 bits per heavy atom. The minimum absolute atomic E-state index is 0.150. The van der Waals surface area contributed by atoms with E-state index in [2.05, 4.69) is 25.3 Å². The number of anilines is 1. The fraction of sp³-hybridized carbons (Fsp3) is 0.364. The number of halogens is 2. The Morgan fingerprint density at radius 1 is 0.828 bits per heavy atom. The topological polar surface area (TPSA) is 63.6 Å². The lowest BCUT2D eigenvalue weighted by molar-refractivity contribution is 0.508. The van der Waals surface area contributed by atoms with E-state index in [4.69, 9.17) is 0 Å². The van der Waals surface area contributed by atoms with Crippen molar-refractivity contribution in [1.29, 1.82) is 0 Å². The van der Waals surface area contributed by atoms with Gasteiger partial charge in [0.15, 0.2) is 23.3 Å². The second kappa shape index (κ2) is 7.46. The van der Waals surface area contributed by atoms with Crippen molar-refractivity contribution in [2.75, 3.05) is 5.32 Å². The largest absolute Gasteiger partial charge is 0.380 e. The molecule has 2 saturated carbocycles. The first-order valence-electron chi connectivity index (χ1n) is 10.0. The van der Waals surface area contributed by atoms with Crippen LogP contribution >= 0.6 is 0 Å². The Labute approximate surface area is 167 Å². The molecule has 0 unspecified atom stereocenters. The van der Waals surface area contributed by atoms with Gasteiger partial charge in [-0.15, -0.1) is 0 Å². The molecule has 0 saturated heterocycles. The van der Waals surface area contributed by atoms with Crippen LogP contribution in [0.5, 0.6) is 0 Å². The van der Waals surface area contributed by atoms with Crippen LogP contribution in [0, 0.1) is 11.6 Å². The van der Waals surface area contributed by atoms with Gasteiger partial charge in [0, 0.05) is 30.8 Å². The fourth-order valence-electron chi connectivity index (χ4n) is 4.21. The lowest BCUT2D eigenvalue weighted by Crippen LogP contribution is -2.16. The Hall–Kier alpha value is -2.96. The summed E-state index contributed by atoms with van der Waals surface area (Å²) in [4.78, 5) is 17.0. The number of benzene rings is 1. The number of hydrogen-bond donors (Lipinski definition) is 1. The third-order valence-corrected chi connectivity index (χ3v) is 5.85. The molecular weight excluding hydrogens is 372 g/mol. The van der Waals surface area contributed by atoms with Crippen LogP contribution in [0.25, 0.3) is 11.6 Å². The number of nitrogens with one attached hydrogen (secondary N) is 1. The standard InChI is InChI=1S/C22H21F2N5/c23-18-8-13(9-19(20(18)24)29-15-4-1-2-5-15)16-10-17(16)14-11-27-22(28-12-14)21-25-6-3-7-26-21/h3,6-9,11-12,15-17,29H,1-2,4-5,10H2/t16-,17+/m0/s1. The zero-order chi connectivity index (χ0) is 19.8. The van der Waals surface area contributed by atoms with Gasteiger partial charge in [-0.25, -0.2) is 28.7 Å². The molecule has 2 fully saturated rings. The number of aromatic nitrogens is 4. The summed E-state index contributed by atoms with van der Waals surface area (Å²) in [6.07, 6.45) is 12.0. The van der Waals surface area contributed by atoms with Crippen LogP contribution in [0.3, 0.4) is 0 Å². The van der Waals surface area contributed by atoms with Crippen LogP contribution in [0.2, 0.25) is 0 Å². The fourth-order valence-corrected chi connectivity index (χ4v) is 4.21. The number of rotatable bonds is 5. The van der Waals surface area contributed by atoms with Crippen molar-refractivity contribution in [3.8, 4) is 11.6 Å². The molecule has 2 aliphatic rings. The zero-order valence-electron chi connectivity index (χ0n) is 15.9. The maximum absolute atomic E-state index is 14.3. The maximum atomic E-state index is 14.3. The molecule has 1 N–H and O–H groups in total. The first kappa shape index (κ1) is 18.1. The van der Waals surface area contributed by atoms with Gasteiger partial charge in [0.2, 0.25) is 0 Å². The van der Waals surface area contributed by atoms with Crippen LogP contribution in [-0.4, -0.2) is 26.0 Å². The smallest absolute Gasteiger partial charge is 0.197 e. The van der Waals surface area contributed by atoms with E-state index >= 15 is 0 Å². The Balaban J connectivity index is 1.33. The summed E-state index contributed by atoms with van der Waals surface area (Å²) in [5.41, 5.74) is 2.10. The monoisotopic (exact) mass is 393 g/mol. The van der Waals surface area contributed by atoms with Gasteiger partial charge in [-0.2, -0.15) is 0 Å². The quantitative estimate of drug-likeness (QED) is 0.672. The van der Waals surface area contributed by atoms with E-state index in [0.717, 1.165) is 43.2 Å². The van der Waals surface area contributed by atoms with Crippen molar-refractivity contribution >= 4 is 5.69 Å². The van der Waals surface area contributed by atoms with E-state index < -0.39 is 11.6 Å². The minimum Gasteiger partial charge on any atom is -0.380 e. The number of nitrogens with zero attached hydrogens (tertiary/aromatic N) is 4. The van der Waals surface area contributed by atoms with Crippen molar-refractivity contribution < 1.29 is 8.78 Å². The van der Waals surface area contributed by atoms with Crippen molar-refractivity contribution in [3.05, 3.63) is 65.7 Å². The third-order valence-electron chi connectivity index (χ3n) is 5.85. The SMILES string of the molecule is Fc1cc([C@@H]2C[C@@H]2c2cnc(-c3ncccn3)nc2)cc(NC2CCCC2)c1F. The second-order valence-electron chi connectivity index (χ2n) is 7.85. The van der Waals surface area contributed by atoms with Crippen LogP contribution in [0.1, 0.15) is 55.1 Å². The summed E-state index contributed by atoms with van der Waals surface area (Å²) in [6.45, 7) is 0. The van der Waals surface area contributed by atoms with Gasteiger partial charge in [-0.05, 0) is 60.4 Å². The van der Waals surface area contributed by atoms with Gasteiger partial charge in [0.05, 0.1) is 5.69 Å². The van der Waals surface area contributed by atoms with E-state index in [1.807, 2.05) is 0 Å². The van der Waals surface area contributed by atoms with Crippen LogP contribution in [-0.2, 0) is 0 Å². The highest BCUT2D eigenvalue weighted by atomic mass is 19.2. The lowest BCUT2D eigenvalue weighted by Gasteiger charge is -2.16. The maximum Gasteiger partial charge on any atom is 0.197 e. The van der Waals surface area contributed by atoms with E-state index in [1.165, 1.54) is 6.07 Å². The van der Waals surface area contributed by atoms with Gasteiger partial charge >= 0.3 is 0 Å². The van der Waals surface area contributed by atoms with Gasteiger partial charge < -0.3 is 5.32 Å². The van der Waals surface area contributed by atoms with Crippen molar-refractivity contribution in [2.45, 2.75) is 50.0 Å². The molecule has 2 aliphatic carbocycles. The van der Waals surface area contributed by atoms with Crippen LogP contribution < -0.4 is 5.32 Å². The summed E-state index contributed by atoms with van der Waals surface area (Å²) >= 11 is 0. The molecule has 29 heavy (non-hydrogen) atoms. The molecule has 0 spiro atoms. The van der Waals surface area contributed by atoms with Gasteiger partial charge in [-0.3, -0.25) is 0 Å². The molecule has 0 amide bonds. The highest BCUT2D eigenvalue weighted by Gasteiger charge is 2.40. The van der Waals surface area contributed by atoms with E-state index in [9.17, 15) is 8.78 Å². The van der Waals surface area contributed by atoms with E-state index in [0.29, 0.717) is 11.6 Å². The molecule has 0 radical (unpaired) electrons. The molecule has 7 heteroatoms. The summed E-state index contributed by atoms with van der Waals surface area (Å²) in [7, 11) is 0. The van der Waals surface area contributed by atoms with Crippen molar-refractivity contribution in [3.63, 3.8) is 0 Å². The Bertz CT molecular complexity index is 1000. The molecule has 0 aliphatic heterocycles. The molecule has 5 rings (SSSR count). The van der Waals surface area contributed by atoms with Crippen molar-refractivity contribution in [2.24, 2.45) is 0 Å². The Morgan fingerprint density at radius 3 is 2.21 bits per heavy atom. The van der Waals surface area contributed by atoms with Crippen LogP contribution in [0.4, 0.5) is 14.5 Å². The molecule has 2 atom stereocenters. The van der Waals surface area contributed by atoms with E-state index in [1.54, 1.807) is 36.9 Å². The molecule has 148 valence electrons. The van der Waals surface area contributed by atoms with Crippen LogP contribution in [0.15, 0.2) is 43.0 Å². The highest BCUT2D eigenvalue weighted by Crippen LogP contribution is 2.55. The van der Waals surface area contributed by atoms with Crippen molar-refractivity contribution in [1.82, 2.24) is 19.9 Å². The molecule has 0 bridgehead atoms. The first-order valence-corrected chi connectivity index (χ1v) is 10.0. The zero-order valence-corrected chi connectivity index (χ0v) is 15.9. The summed E-state index contributed by atoms with van der Waals surface area (Å²) in [5.74, 6) is -0.256. The molecule has 2 heterocycles. The summed E-state index contributed by atoms with van der Waals surface area (Å²) in [6, 6.07) is 5.07.